The average molecular weight is 608 g/mol. The summed E-state index contributed by atoms with van der Waals surface area (Å²) in [4.78, 5) is 25.6. The van der Waals surface area contributed by atoms with Crippen molar-refractivity contribution in [3.8, 4) is 0 Å². The summed E-state index contributed by atoms with van der Waals surface area (Å²) in [6, 6.07) is 2.77. The van der Waals surface area contributed by atoms with Crippen LogP contribution in [-0.4, -0.2) is 53.1 Å². The number of carbonyl (C=O) groups excluding carboxylic acids is 1. The molecule has 0 unspecified atom stereocenters. The molecule has 1 N–H and O–H groups in total. The minimum atomic E-state index is -1.59. The van der Waals surface area contributed by atoms with E-state index in [9.17, 15) is 31.1 Å². The van der Waals surface area contributed by atoms with Crippen LogP contribution in [-0.2, 0) is 29.0 Å². The molecule has 1 saturated carbocycles. The molecular weight excluding hydrogens is 576 g/mol. The Kier molecular flexibility index (Phi) is 8.66. The van der Waals surface area contributed by atoms with Gasteiger partial charge in [-0.3, -0.25) is 9.69 Å². The second-order valence-corrected chi connectivity index (χ2v) is 11.3. The third-order valence-corrected chi connectivity index (χ3v) is 8.26. The van der Waals surface area contributed by atoms with Crippen molar-refractivity contribution in [1.82, 2.24) is 14.9 Å². The summed E-state index contributed by atoms with van der Waals surface area (Å²) >= 11 is 0. The van der Waals surface area contributed by atoms with Crippen molar-refractivity contribution in [1.29, 1.82) is 0 Å². The van der Waals surface area contributed by atoms with E-state index in [-0.39, 0.29) is 48.2 Å². The quantitative estimate of drug-likeness (QED) is 0.258. The van der Waals surface area contributed by atoms with Gasteiger partial charge in [0.05, 0.1) is 11.8 Å². The Labute approximate surface area is 244 Å². The number of rotatable bonds is 9. The van der Waals surface area contributed by atoms with Crippen LogP contribution in [0.5, 0.6) is 0 Å². The number of anilines is 2. The van der Waals surface area contributed by atoms with Crippen LogP contribution in [0.25, 0.3) is 0 Å². The lowest BCUT2D eigenvalue weighted by molar-refractivity contribution is -0.120. The molecule has 1 aliphatic carbocycles. The molecule has 1 aliphatic heterocycles. The second kappa shape index (κ2) is 12.1. The molecule has 0 bridgehead atoms. The summed E-state index contributed by atoms with van der Waals surface area (Å²) in [5.41, 5.74) is 1.43. The van der Waals surface area contributed by atoms with Gasteiger partial charge in [-0.05, 0) is 68.0 Å². The SMILES string of the molecule is CO[C@H](C)[C@H]1C(=O)Nc2c(C)nc(CC3CC(N(Cc4cc(F)c(F)c(F)c4)Cc4cc(F)c(F)c(F)c4)C3)nc2N1C. The maximum atomic E-state index is 13.9. The van der Waals surface area contributed by atoms with Crippen LogP contribution >= 0.6 is 0 Å². The van der Waals surface area contributed by atoms with Gasteiger partial charge in [0.15, 0.2) is 40.7 Å². The Morgan fingerprint density at radius 1 is 0.953 bits per heavy atom. The number of fused-ring (bicyclic) bond motifs is 1. The molecule has 2 aromatic carbocycles. The van der Waals surface area contributed by atoms with Crippen molar-refractivity contribution in [2.24, 2.45) is 5.92 Å². The number of hydrogen-bond donors (Lipinski definition) is 1. The van der Waals surface area contributed by atoms with Crippen molar-refractivity contribution in [2.75, 3.05) is 24.4 Å². The average Bonchev–Trinajstić information content (AvgIpc) is 2.92. The van der Waals surface area contributed by atoms with Gasteiger partial charge in [-0.1, -0.05) is 0 Å². The van der Waals surface area contributed by atoms with Crippen molar-refractivity contribution >= 4 is 17.4 Å². The number of amides is 1. The van der Waals surface area contributed by atoms with Gasteiger partial charge in [-0.2, -0.15) is 0 Å². The van der Waals surface area contributed by atoms with Crippen LogP contribution in [0.15, 0.2) is 24.3 Å². The number of benzene rings is 2. The van der Waals surface area contributed by atoms with E-state index < -0.39 is 40.9 Å². The van der Waals surface area contributed by atoms with Gasteiger partial charge in [0.25, 0.3) is 0 Å². The molecule has 2 aliphatic rings. The smallest absolute Gasteiger partial charge is 0.249 e. The Morgan fingerprint density at radius 3 is 1.95 bits per heavy atom. The molecule has 2 atom stereocenters. The molecule has 3 aromatic rings. The summed E-state index contributed by atoms with van der Waals surface area (Å²) in [6.07, 6.45) is 1.33. The zero-order valence-electron chi connectivity index (χ0n) is 24.0. The second-order valence-electron chi connectivity index (χ2n) is 11.3. The lowest BCUT2D eigenvalue weighted by Gasteiger charge is -2.43. The molecule has 0 spiro atoms. The molecule has 0 radical (unpaired) electrons. The van der Waals surface area contributed by atoms with Gasteiger partial charge in [-0.15, -0.1) is 0 Å². The molecule has 1 aromatic heterocycles. The minimum absolute atomic E-state index is 0.0376. The number of ether oxygens (including phenoxy) is 1. The third kappa shape index (κ3) is 6.19. The Morgan fingerprint density at radius 2 is 1.47 bits per heavy atom. The van der Waals surface area contributed by atoms with Crippen molar-refractivity contribution in [3.05, 3.63) is 81.8 Å². The van der Waals surface area contributed by atoms with Crippen LogP contribution in [0.3, 0.4) is 0 Å². The molecule has 2 heterocycles. The van der Waals surface area contributed by atoms with Gasteiger partial charge in [-0.25, -0.2) is 36.3 Å². The normalized spacial score (nSPS) is 20.6. The molecule has 5 rings (SSSR count). The topological polar surface area (TPSA) is 70.6 Å². The van der Waals surface area contributed by atoms with Gasteiger partial charge < -0.3 is 15.0 Å². The summed E-state index contributed by atoms with van der Waals surface area (Å²) in [7, 11) is 3.30. The van der Waals surface area contributed by atoms with Crippen LogP contribution in [0.1, 0.15) is 42.4 Å². The Hall–Kier alpha value is -3.71. The van der Waals surface area contributed by atoms with E-state index >= 15 is 0 Å². The molecule has 1 fully saturated rings. The van der Waals surface area contributed by atoms with Crippen LogP contribution in [0.4, 0.5) is 37.8 Å². The molecule has 43 heavy (non-hydrogen) atoms. The maximum Gasteiger partial charge on any atom is 0.249 e. The van der Waals surface area contributed by atoms with Crippen LogP contribution in [0.2, 0.25) is 0 Å². The third-order valence-electron chi connectivity index (χ3n) is 8.26. The number of nitrogens with one attached hydrogen (secondary N) is 1. The number of aryl methyl sites for hydroxylation is 1. The van der Waals surface area contributed by atoms with Crippen LogP contribution in [0, 0.1) is 47.7 Å². The number of carbonyl (C=O) groups is 1. The first kappa shape index (κ1) is 30.7. The zero-order chi connectivity index (χ0) is 31.2. The highest BCUT2D eigenvalue weighted by Crippen LogP contribution is 2.38. The van der Waals surface area contributed by atoms with Gasteiger partial charge in [0, 0.05) is 39.7 Å². The highest BCUT2D eigenvalue weighted by atomic mass is 19.2. The van der Waals surface area contributed by atoms with E-state index in [1.807, 2.05) is 0 Å². The largest absolute Gasteiger partial charge is 0.379 e. The fourth-order valence-electron chi connectivity index (χ4n) is 5.87. The number of aromatic nitrogens is 2. The first-order valence-electron chi connectivity index (χ1n) is 13.8. The monoisotopic (exact) mass is 607 g/mol. The first-order chi connectivity index (χ1) is 20.4. The van der Waals surface area contributed by atoms with Gasteiger partial charge in [0.2, 0.25) is 5.91 Å². The number of halogens is 6. The standard InChI is InChI=1S/C30H31F6N5O2/c1-14-27-29(40(3)28(15(2)43-4)30(42)39-27)38-24(37-14)11-16-5-19(6-16)41(12-17-7-20(31)25(35)21(32)8-17)13-18-9-22(33)26(36)23(34)10-18/h7-10,15-16,19,28H,5-6,11-13H2,1-4H3,(H,39,42)/t15-,16?,19?,28+/m1/s1. The fourth-order valence-corrected chi connectivity index (χ4v) is 5.87. The highest BCUT2D eigenvalue weighted by molar-refractivity contribution is 6.03. The molecule has 7 nitrogen and oxygen atoms in total. The van der Waals surface area contributed by atoms with Crippen LogP contribution < -0.4 is 10.2 Å². The number of hydrogen-bond acceptors (Lipinski definition) is 6. The van der Waals surface area contributed by atoms with E-state index in [2.05, 4.69) is 10.3 Å². The summed E-state index contributed by atoms with van der Waals surface area (Å²) in [5.74, 6) is -7.50. The van der Waals surface area contributed by atoms with E-state index in [0.717, 1.165) is 24.3 Å². The van der Waals surface area contributed by atoms with E-state index in [4.69, 9.17) is 9.72 Å². The molecule has 1 amide bonds. The zero-order valence-corrected chi connectivity index (χ0v) is 24.0. The predicted molar refractivity (Wildman–Crippen MR) is 146 cm³/mol. The summed E-state index contributed by atoms with van der Waals surface area (Å²) in [5, 5.41) is 2.88. The number of nitrogens with zero attached hydrogens (tertiary/aromatic N) is 4. The Balaban J connectivity index is 1.33. The first-order valence-corrected chi connectivity index (χ1v) is 13.8. The molecule has 0 saturated heterocycles. The van der Waals surface area contributed by atoms with Crippen molar-refractivity contribution in [2.45, 2.75) is 64.4 Å². The molecular formula is C30H31F6N5O2. The maximum absolute atomic E-state index is 13.9. The molecule has 230 valence electrons. The molecule has 13 heteroatoms. The fraction of sp³-hybridized carbons (Fsp3) is 0.433. The van der Waals surface area contributed by atoms with Gasteiger partial charge in [0.1, 0.15) is 17.6 Å². The predicted octanol–water partition coefficient (Wildman–Crippen LogP) is 5.43. The lowest BCUT2D eigenvalue weighted by Crippen LogP contribution is -2.53. The minimum Gasteiger partial charge on any atom is -0.379 e. The highest BCUT2D eigenvalue weighted by Gasteiger charge is 2.38. The summed E-state index contributed by atoms with van der Waals surface area (Å²) in [6.45, 7) is 3.50. The van der Waals surface area contributed by atoms with E-state index in [0.29, 0.717) is 42.3 Å². The number of likely N-dealkylation sites (N-methyl/N-ethyl adjacent to an activating group) is 1. The van der Waals surface area contributed by atoms with E-state index in [1.54, 1.807) is 30.7 Å². The summed E-state index contributed by atoms with van der Waals surface area (Å²) < 4.78 is 88.2. The van der Waals surface area contributed by atoms with Gasteiger partial charge >= 0.3 is 0 Å². The van der Waals surface area contributed by atoms with Crippen molar-refractivity contribution in [3.63, 3.8) is 0 Å². The lowest BCUT2D eigenvalue weighted by atomic mass is 9.76. The number of methoxy groups -OCH3 is 1. The van der Waals surface area contributed by atoms with E-state index in [1.165, 1.54) is 7.11 Å². The Bertz CT molecular complexity index is 1440. The van der Waals surface area contributed by atoms with Crippen molar-refractivity contribution < 1.29 is 35.9 Å².